The summed E-state index contributed by atoms with van der Waals surface area (Å²) < 4.78 is 9.74. The third-order valence-electron chi connectivity index (χ3n) is 2.13. The molecule has 0 aromatic rings. The fraction of sp³-hybridized carbons (Fsp3) is 0.636. The predicted octanol–water partition coefficient (Wildman–Crippen LogP) is 1.59. The molecule has 15 heavy (non-hydrogen) atoms. The van der Waals surface area contributed by atoms with E-state index in [2.05, 4.69) is 0 Å². The number of esters is 2. The van der Waals surface area contributed by atoms with Crippen molar-refractivity contribution >= 4 is 11.9 Å². The van der Waals surface area contributed by atoms with Crippen molar-refractivity contribution in [3.63, 3.8) is 0 Å². The summed E-state index contributed by atoms with van der Waals surface area (Å²) in [7, 11) is 0. The molecule has 4 nitrogen and oxygen atoms in total. The van der Waals surface area contributed by atoms with Crippen molar-refractivity contribution in [3.8, 4) is 0 Å². The van der Waals surface area contributed by atoms with Crippen molar-refractivity contribution in [3.05, 3.63) is 12.2 Å². The molecule has 0 saturated heterocycles. The monoisotopic (exact) mass is 212 g/mol. The summed E-state index contributed by atoms with van der Waals surface area (Å²) in [6.07, 6.45) is 7.17. The molecule has 0 saturated carbocycles. The number of cyclic esters (lactones) is 2. The molecule has 0 unspecified atom stereocenters. The van der Waals surface area contributed by atoms with E-state index in [-0.39, 0.29) is 0 Å². The van der Waals surface area contributed by atoms with Gasteiger partial charge in [0.05, 0.1) is 13.2 Å². The molecule has 1 rings (SSSR count). The molecule has 4 heteroatoms. The lowest BCUT2D eigenvalue weighted by Gasteiger charge is -2.01. The van der Waals surface area contributed by atoms with Gasteiger partial charge in [-0.3, -0.25) is 0 Å². The average molecular weight is 212 g/mol. The summed E-state index contributed by atoms with van der Waals surface area (Å²) in [6, 6.07) is 0. The van der Waals surface area contributed by atoms with Gasteiger partial charge in [0.2, 0.25) is 0 Å². The molecule has 0 radical (unpaired) electrons. The van der Waals surface area contributed by atoms with E-state index >= 15 is 0 Å². The molecular formula is C11H16O4. The van der Waals surface area contributed by atoms with Crippen LogP contribution in [0.5, 0.6) is 0 Å². The van der Waals surface area contributed by atoms with Crippen LogP contribution in [0, 0.1) is 0 Å². The first-order valence-corrected chi connectivity index (χ1v) is 5.30. The molecule has 0 bridgehead atoms. The Balaban J connectivity index is 2.39. The van der Waals surface area contributed by atoms with Gasteiger partial charge >= 0.3 is 11.9 Å². The van der Waals surface area contributed by atoms with Crippen LogP contribution < -0.4 is 0 Å². The standard InChI is InChI=1S/C11H16O4/c12-10-6-7-11(13)15-9-5-3-1-2-4-8-14-10/h6-7H,1-5,8-9H2. The van der Waals surface area contributed by atoms with Gasteiger partial charge in [-0.2, -0.15) is 0 Å². The molecule has 0 N–H and O–H groups in total. The van der Waals surface area contributed by atoms with E-state index in [1.54, 1.807) is 0 Å². The van der Waals surface area contributed by atoms with E-state index in [1.165, 1.54) is 0 Å². The van der Waals surface area contributed by atoms with E-state index in [4.69, 9.17) is 9.47 Å². The topological polar surface area (TPSA) is 52.6 Å². The van der Waals surface area contributed by atoms with Crippen LogP contribution in [0.2, 0.25) is 0 Å². The van der Waals surface area contributed by atoms with E-state index in [1.807, 2.05) is 0 Å². The van der Waals surface area contributed by atoms with E-state index < -0.39 is 11.9 Å². The SMILES string of the molecule is O=C1C=CC(=O)OCCCCCCCO1. The Labute approximate surface area is 89.2 Å². The fourth-order valence-electron chi connectivity index (χ4n) is 1.31. The predicted molar refractivity (Wildman–Crippen MR) is 54.1 cm³/mol. The zero-order valence-electron chi connectivity index (χ0n) is 8.74. The summed E-state index contributed by atoms with van der Waals surface area (Å²) in [5.74, 6) is -0.961. The second kappa shape index (κ2) is 7.04. The first-order chi connectivity index (χ1) is 7.29. The number of rotatable bonds is 0. The summed E-state index contributed by atoms with van der Waals surface area (Å²) >= 11 is 0. The molecule has 0 fully saturated rings. The summed E-state index contributed by atoms with van der Waals surface area (Å²) in [4.78, 5) is 22.0. The molecule has 1 aliphatic rings. The Kier molecular flexibility index (Phi) is 5.51. The van der Waals surface area contributed by atoms with Crippen LogP contribution in [0.25, 0.3) is 0 Å². The molecule has 0 aliphatic carbocycles. The molecule has 1 heterocycles. The molecule has 0 amide bonds. The van der Waals surface area contributed by atoms with Crippen molar-refractivity contribution in [2.75, 3.05) is 13.2 Å². The zero-order valence-corrected chi connectivity index (χ0v) is 8.74. The second-order valence-electron chi connectivity index (χ2n) is 3.44. The number of carbonyl (C=O) groups excluding carboxylic acids is 2. The van der Waals surface area contributed by atoms with E-state index in [9.17, 15) is 9.59 Å². The molecule has 1 aliphatic heterocycles. The average Bonchev–Trinajstić information content (AvgIpc) is 2.24. The molecule has 0 aromatic carbocycles. The number of hydrogen-bond acceptors (Lipinski definition) is 4. The van der Waals surface area contributed by atoms with Gasteiger partial charge in [0.25, 0.3) is 0 Å². The minimum atomic E-state index is -0.480. The first-order valence-electron chi connectivity index (χ1n) is 5.30. The van der Waals surface area contributed by atoms with Gasteiger partial charge in [-0.25, -0.2) is 9.59 Å². The fourth-order valence-corrected chi connectivity index (χ4v) is 1.31. The van der Waals surface area contributed by atoms with Crippen LogP contribution in [-0.4, -0.2) is 25.2 Å². The van der Waals surface area contributed by atoms with Gasteiger partial charge in [-0.05, 0) is 12.8 Å². The van der Waals surface area contributed by atoms with Crippen LogP contribution in [0.1, 0.15) is 32.1 Å². The highest BCUT2D eigenvalue weighted by Crippen LogP contribution is 2.04. The normalized spacial score (nSPS) is 20.5. The van der Waals surface area contributed by atoms with Gasteiger partial charge in [-0.1, -0.05) is 19.3 Å². The molecule has 0 atom stereocenters. The van der Waals surface area contributed by atoms with Gasteiger partial charge in [0.15, 0.2) is 0 Å². The van der Waals surface area contributed by atoms with Crippen molar-refractivity contribution in [2.45, 2.75) is 32.1 Å². The maximum Gasteiger partial charge on any atom is 0.331 e. The number of ether oxygens (including phenoxy) is 2. The van der Waals surface area contributed by atoms with Crippen molar-refractivity contribution in [1.82, 2.24) is 0 Å². The molecule has 0 spiro atoms. The maximum atomic E-state index is 11.0. The largest absolute Gasteiger partial charge is 0.463 e. The molecular weight excluding hydrogens is 196 g/mol. The van der Waals surface area contributed by atoms with Crippen molar-refractivity contribution in [2.24, 2.45) is 0 Å². The van der Waals surface area contributed by atoms with Crippen LogP contribution in [0.3, 0.4) is 0 Å². The van der Waals surface area contributed by atoms with Crippen molar-refractivity contribution in [1.29, 1.82) is 0 Å². The maximum absolute atomic E-state index is 11.0. The Morgan fingerprint density at radius 1 is 0.733 bits per heavy atom. The number of hydrogen-bond donors (Lipinski definition) is 0. The smallest absolute Gasteiger partial charge is 0.331 e. The third-order valence-corrected chi connectivity index (χ3v) is 2.13. The number of carbonyl (C=O) groups is 2. The van der Waals surface area contributed by atoms with Gasteiger partial charge in [0, 0.05) is 12.2 Å². The zero-order chi connectivity index (χ0) is 10.9. The summed E-state index contributed by atoms with van der Waals surface area (Å²) in [6.45, 7) is 0.858. The van der Waals surface area contributed by atoms with Gasteiger partial charge in [0.1, 0.15) is 0 Å². The van der Waals surface area contributed by atoms with Crippen LogP contribution in [0.15, 0.2) is 12.2 Å². The molecule has 84 valence electrons. The minimum Gasteiger partial charge on any atom is -0.463 e. The molecule has 0 aromatic heterocycles. The minimum absolute atomic E-state index is 0.429. The highest BCUT2D eigenvalue weighted by Gasteiger charge is 2.02. The Morgan fingerprint density at radius 3 is 1.60 bits per heavy atom. The van der Waals surface area contributed by atoms with Crippen molar-refractivity contribution < 1.29 is 19.1 Å². The summed E-state index contributed by atoms with van der Waals surface area (Å²) in [5, 5.41) is 0. The highest BCUT2D eigenvalue weighted by atomic mass is 16.5. The van der Waals surface area contributed by atoms with Crippen LogP contribution in [0.4, 0.5) is 0 Å². The first kappa shape index (κ1) is 11.8. The quantitative estimate of drug-likeness (QED) is 0.572. The Bertz CT molecular complexity index is 221. The highest BCUT2D eigenvalue weighted by molar-refractivity contribution is 5.91. The van der Waals surface area contributed by atoms with E-state index in [0.717, 1.165) is 44.3 Å². The third kappa shape index (κ3) is 5.88. The lowest BCUT2D eigenvalue weighted by molar-refractivity contribution is -0.140. The van der Waals surface area contributed by atoms with Crippen LogP contribution >= 0.6 is 0 Å². The lowest BCUT2D eigenvalue weighted by atomic mass is 10.1. The Hall–Kier alpha value is -1.32. The Morgan fingerprint density at radius 2 is 1.13 bits per heavy atom. The second-order valence-corrected chi connectivity index (χ2v) is 3.44. The summed E-state index contributed by atoms with van der Waals surface area (Å²) in [5.41, 5.74) is 0. The lowest BCUT2D eigenvalue weighted by Crippen LogP contribution is -2.05. The van der Waals surface area contributed by atoms with Gasteiger partial charge in [-0.15, -0.1) is 0 Å². The van der Waals surface area contributed by atoms with E-state index in [0.29, 0.717) is 13.2 Å². The van der Waals surface area contributed by atoms with Crippen LogP contribution in [-0.2, 0) is 19.1 Å². The van der Waals surface area contributed by atoms with Gasteiger partial charge < -0.3 is 9.47 Å².